The maximum Gasteiger partial charge on any atom is 0.416 e. The SMILES string of the molecule is Nc1nc2c(-c3ccc(C(F)(F)F)cc3)cccn2n1. The molecule has 0 saturated heterocycles. The van der Waals surface area contributed by atoms with Crippen molar-refractivity contribution >= 4 is 11.6 Å². The summed E-state index contributed by atoms with van der Waals surface area (Å²) in [5.41, 5.74) is 6.64. The van der Waals surface area contributed by atoms with Crippen LogP contribution in [0.15, 0.2) is 42.6 Å². The Morgan fingerprint density at radius 2 is 1.75 bits per heavy atom. The van der Waals surface area contributed by atoms with Crippen molar-refractivity contribution in [3.05, 3.63) is 48.2 Å². The molecule has 102 valence electrons. The predicted octanol–water partition coefficient (Wildman–Crippen LogP) is 3.00. The van der Waals surface area contributed by atoms with Gasteiger partial charge < -0.3 is 5.73 Å². The van der Waals surface area contributed by atoms with Crippen LogP contribution < -0.4 is 5.73 Å². The molecule has 3 rings (SSSR count). The molecule has 20 heavy (non-hydrogen) atoms. The van der Waals surface area contributed by atoms with E-state index in [1.165, 1.54) is 16.6 Å². The van der Waals surface area contributed by atoms with Crippen molar-refractivity contribution in [3.63, 3.8) is 0 Å². The molecule has 0 saturated carbocycles. The van der Waals surface area contributed by atoms with Gasteiger partial charge in [-0.1, -0.05) is 12.1 Å². The maximum atomic E-state index is 12.5. The van der Waals surface area contributed by atoms with Crippen LogP contribution in [0.5, 0.6) is 0 Å². The molecule has 0 fully saturated rings. The zero-order valence-corrected chi connectivity index (χ0v) is 10.1. The molecule has 7 heteroatoms. The molecule has 0 radical (unpaired) electrons. The second-order valence-corrected chi connectivity index (χ2v) is 4.24. The topological polar surface area (TPSA) is 56.2 Å². The Morgan fingerprint density at radius 1 is 1.05 bits per heavy atom. The first kappa shape index (κ1) is 12.5. The number of nitrogens with zero attached hydrogens (tertiary/aromatic N) is 3. The van der Waals surface area contributed by atoms with E-state index < -0.39 is 11.7 Å². The first-order valence-corrected chi connectivity index (χ1v) is 5.73. The van der Waals surface area contributed by atoms with E-state index >= 15 is 0 Å². The highest BCUT2D eigenvalue weighted by atomic mass is 19.4. The summed E-state index contributed by atoms with van der Waals surface area (Å²) in [6.45, 7) is 0. The third-order valence-corrected chi connectivity index (χ3v) is 2.90. The lowest BCUT2D eigenvalue weighted by atomic mass is 10.0. The predicted molar refractivity (Wildman–Crippen MR) is 67.8 cm³/mol. The van der Waals surface area contributed by atoms with Gasteiger partial charge in [0.15, 0.2) is 5.65 Å². The third kappa shape index (κ3) is 2.07. The lowest BCUT2D eigenvalue weighted by Gasteiger charge is -2.08. The summed E-state index contributed by atoms with van der Waals surface area (Å²) in [7, 11) is 0. The van der Waals surface area contributed by atoms with Crippen LogP contribution in [0.1, 0.15) is 5.56 Å². The van der Waals surface area contributed by atoms with Crippen LogP contribution in [-0.2, 0) is 6.18 Å². The van der Waals surface area contributed by atoms with E-state index in [9.17, 15) is 13.2 Å². The molecule has 0 bridgehead atoms. The van der Waals surface area contributed by atoms with Gasteiger partial charge >= 0.3 is 6.18 Å². The number of alkyl halides is 3. The molecular weight excluding hydrogens is 269 g/mol. The highest BCUT2D eigenvalue weighted by Crippen LogP contribution is 2.31. The number of fused-ring (bicyclic) bond motifs is 1. The van der Waals surface area contributed by atoms with Gasteiger partial charge in [-0.05, 0) is 29.8 Å². The van der Waals surface area contributed by atoms with Crippen molar-refractivity contribution in [2.75, 3.05) is 5.73 Å². The third-order valence-electron chi connectivity index (χ3n) is 2.90. The average molecular weight is 278 g/mol. The number of hydrogen-bond donors (Lipinski definition) is 1. The van der Waals surface area contributed by atoms with Crippen molar-refractivity contribution in [2.24, 2.45) is 0 Å². The summed E-state index contributed by atoms with van der Waals surface area (Å²) in [4.78, 5) is 4.07. The highest BCUT2D eigenvalue weighted by molar-refractivity contribution is 5.77. The molecule has 2 heterocycles. The van der Waals surface area contributed by atoms with Gasteiger partial charge in [-0.3, -0.25) is 0 Å². The number of hydrogen-bond acceptors (Lipinski definition) is 3. The minimum absolute atomic E-state index is 0.115. The number of anilines is 1. The normalized spacial score (nSPS) is 11.9. The Morgan fingerprint density at radius 3 is 2.40 bits per heavy atom. The minimum Gasteiger partial charge on any atom is -0.366 e. The second kappa shape index (κ2) is 4.22. The molecule has 0 spiro atoms. The standard InChI is InChI=1S/C13H9F3N4/c14-13(15,16)9-5-3-8(4-6-9)10-2-1-7-20-11(10)18-12(17)19-20/h1-7H,(H2,17,19). The Hall–Kier alpha value is -2.57. The molecule has 0 atom stereocenters. The summed E-state index contributed by atoms with van der Waals surface area (Å²) in [6.07, 6.45) is -2.67. The number of pyridine rings is 1. The smallest absolute Gasteiger partial charge is 0.366 e. The Labute approximate surface area is 111 Å². The van der Waals surface area contributed by atoms with Crippen LogP contribution in [-0.4, -0.2) is 14.6 Å². The molecule has 4 nitrogen and oxygen atoms in total. The lowest BCUT2D eigenvalue weighted by Crippen LogP contribution is -2.04. The molecule has 0 aliphatic carbocycles. The van der Waals surface area contributed by atoms with Gasteiger partial charge in [0.25, 0.3) is 0 Å². The maximum absolute atomic E-state index is 12.5. The number of nitrogens with two attached hydrogens (primary N) is 1. The fraction of sp³-hybridized carbons (Fsp3) is 0.0769. The first-order valence-electron chi connectivity index (χ1n) is 5.73. The second-order valence-electron chi connectivity index (χ2n) is 4.24. The van der Waals surface area contributed by atoms with Crippen LogP contribution in [0.3, 0.4) is 0 Å². The van der Waals surface area contributed by atoms with E-state index in [-0.39, 0.29) is 5.95 Å². The van der Waals surface area contributed by atoms with Crippen molar-refractivity contribution in [2.45, 2.75) is 6.18 Å². The van der Waals surface area contributed by atoms with Crippen LogP contribution >= 0.6 is 0 Å². The minimum atomic E-state index is -4.34. The van der Waals surface area contributed by atoms with Crippen LogP contribution in [0.4, 0.5) is 19.1 Å². The van der Waals surface area contributed by atoms with E-state index in [0.29, 0.717) is 16.8 Å². The molecular formula is C13H9F3N4. The molecule has 2 aromatic heterocycles. The molecule has 0 aliphatic heterocycles. The van der Waals surface area contributed by atoms with Gasteiger partial charge in [0.2, 0.25) is 5.95 Å². The molecule has 0 unspecified atom stereocenters. The molecule has 3 aromatic rings. The van der Waals surface area contributed by atoms with Gasteiger partial charge in [0.05, 0.1) is 5.56 Å². The van der Waals surface area contributed by atoms with E-state index in [2.05, 4.69) is 10.1 Å². The summed E-state index contributed by atoms with van der Waals surface area (Å²) in [5, 5.41) is 3.96. The van der Waals surface area contributed by atoms with Gasteiger partial charge in [0, 0.05) is 11.8 Å². The number of nitrogen functional groups attached to an aromatic ring is 1. The van der Waals surface area contributed by atoms with Gasteiger partial charge in [-0.2, -0.15) is 18.2 Å². The van der Waals surface area contributed by atoms with Crippen LogP contribution in [0.2, 0.25) is 0 Å². The quantitative estimate of drug-likeness (QED) is 0.744. The highest BCUT2D eigenvalue weighted by Gasteiger charge is 2.30. The summed E-state index contributed by atoms with van der Waals surface area (Å²) >= 11 is 0. The van der Waals surface area contributed by atoms with Gasteiger partial charge in [-0.15, -0.1) is 5.10 Å². The molecule has 2 N–H and O–H groups in total. The first-order chi connectivity index (χ1) is 9.45. The Balaban J connectivity index is 2.11. The number of benzene rings is 1. The van der Waals surface area contributed by atoms with E-state index in [1.54, 1.807) is 18.3 Å². The molecule has 1 aromatic carbocycles. The fourth-order valence-electron chi connectivity index (χ4n) is 1.99. The molecule has 0 aliphatic rings. The Kier molecular flexibility index (Phi) is 2.63. The number of rotatable bonds is 1. The largest absolute Gasteiger partial charge is 0.416 e. The van der Waals surface area contributed by atoms with Crippen molar-refractivity contribution in [1.29, 1.82) is 0 Å². The summed E-state index contributed by atoms with van der Waals surface area (Å²) < 4.78 is 39.1. The zero-order valence-electron chi connectivity index (χ0n) is 10.1. The van der Waals surface area contributed by atoms with E-state index in [0.717, 1.165) is 12.1 Å². The van der Waals surface area contributed by atoms with Crippen molar-refractivity contribution < 1.29 is 13.2 Å². The zero-order chi connectivity index (χ0) is 14.3. The fourth-order valence-corrected chi connectivity index (χ4v) is 1.99. The van der Waals surface area contributed by atoms with E-state index in [1.807, 2.05) is 0 Å². The van der Waals surface area contributed by atoms with Crippen molar-refractivity contribution in [1.82, 2.24) is 14.6 Å². The number of halogens is 3. The Bertz CT molecular complexity index is 759. The lowest BCUT2D eigenvalue weighted by molar-refractivity contribution is -0.137. The van der Waals surface area contributed by atoms with E-state index in [4.69, 9.17) is 5.73 Å². The molecule has 0 amide bonds. The van der Waals surface area contributed by atoms with Crippen LogP contribution in [0.25, 0.3) is 16.8 Å². The number of aromatic nitrogens is 3. The average Bonchev–Trinajstić information content (AvgIpc) is 2.78. The van der Waals surface area contributed by atoms with Crippen LogP contribution in [0, 0.1) is 0 Å². The van der Waals surface area contributed by atoms with Gasteiger partial charge in [-0.25, -0.2) is 4.52 Å². The summed E-state index contributed by atoms with van der Waals surface area (Å²) in [6, 6.07) is 8.38. The summed E-state index contributed by atoms with van der Waals surface area (Å²) in [5.74, 6) is 0.115. The monoisotopic (exact) mass is 278 g/mol. The van der Waals surface area contributed by atoms with Gasteiger partial charge in [0.1, 0.15) is 0 Å². The van der Waals surface area contributed by atoms with Crippen molar-refractivity contribution in [3.8, 4) is 11.1 Å².